The molecule has 0 N–H and O–H groups in total. The van der Waals surface area contributed by atoms with Gasteiger partial charge in [-0.05, 0) is 54.8 Å². The average molecular weight is 534 g/mol. The minimum Gasteiger partial charge on any atom is -0.494 e. The molecule has 3 heterocycles. The number of nitrogens with zero attached hydrogens (tertiary/aromatic N) is 5. The third kappa shape index (κ3) is 5.24. The first-order chi connectivity index (χ1) is 19.0. The van der Waals surface area contributed by atoms with Crippen molar-refractivity contribution in [1.82, 2.24) is 24.4 Å². The Morgan fingerprint density at radius 3 is 2.31 bits per heavy atom. The summed E-state index contributed by atoms with van der Waals surface area (Å²) in [5.41, 5.74) is 4.15. The Labute approximate surface area is 229 Å². The topological polar surface area (TPSA) is 74.3 Å². The molecule has 0 aliphatic carbocycles. The van der Waals surface area contributed by atoms with E-state index in [1.807, 2.05) is 102 Å². The fourth-order valence-corrected chi connectivity index (χ4v) is 5.13. The van der Waals surface area contributed by atoms with Crippen LogP contribution in [0.5, 0.6) is 5.75 Å². The summed E-state index contributed by atoms with van der Waals surface area (Å²) in [5, 5.41) is 9.37. The van der Waals surface area contributed by atoms with Crippen molar-refractivity contribution in [1.29, 1.82) is 0 Å². The van der Waals surface area contributed by atoms with Crippen molar-refractivity contribution in [3.05, 3.63) is 112 Å². The Balaban J connectivity index is 1.39. The van der Waals surface area contributed by atoms with Crippen molar-refractivity contribution in [2.75, 3.05) is 6.61 Å². The van der Waals surface area contributed by atoms with Crippen LogP contribution in [0.3, 0.4) is 0 Å². The molecular formula is C31H27N5O2S. The first-order valence-electron chi connectivity index (χ1n) is 12.9. The molecule has 0 radical (unpaired) electrons. The highest BCUT2D eigenvalue weighted by Gasteiger charge is 2.15. The number of para-hydroxylation sites is 1. The molecule has 0 aliphatic rings. The lowest BCUT2D eigenvalue weighted by Crippen LogP contribution is -2.23. The summed E-state index contributed by atoms with van der Waals surface area (Å²) >= 11 is 1.32. The zero-order valence-electron chi connectivity index (χ0n) is 21.7. The SMILES string of the molecule is CC(C)CCOc1ccc(-c2nn(-c3ccccc3)cc2/C=c2/sc3nc(-c4ccccc4)nn3c2=O)cc1. The van der Waals surface area contributed by atoms with Crippen molar-refractivity contribution in [2.45, 2.75) is 20.3 Å². The zero-order chi connectivity index (χ0) is 26.8. The van der Waals surface area contributed by atoms with E-state index in [-0.39, 0.29) is 5.56 Å². The van der Waals surface area contributed by atoms with E-state index in [1.54, 1.807) is 0 Å². The summed E-state index contributed by atoms with van der Waals surface area (Å²) in [4.78, 5) is 18.5. The molecule has 0 fully saturated rings. The smallest absolute Gasteiger partial charge is 0.291 e. The van der Waals surface area contributed by atoms with Crippen LogP contribution in [0.25, 0.3) is 39.4 Å². The van der Waals surface area contributed by atoms with E-state index in [2.05, 4.69) is 23.9 Å². The molecule has 0 bridgehead atoms. The van der Waals surface area contributed by atoms with E-state index in [4.69, 9.17) is 9.84 Å². The van der Waals surface area contributed by atoms with Gasteiger partial charge in [0.05, 0.1) is 16.8 Å². The number of hydrogen-bond donors (Lipinski definition) is 0. The summed E-state index contributed by atoms with van der Waals surface area (Å²) < 4.78 is 9.66. The Morgan fingerprint density at radius 2 is 1.62 bits per heavy atom. The second kappa shape index (κ2) is 10.7. The molecule has 0 unspecified atom stereocenters. The number of aromatic nitrogens is 5. The number of thiazole rings is 1. The monoisotopic (exact) mass is 533 g/mol. The number of benzene rings is 3. The second-order valence-electron chi connectivity index (χ2n) is 9.68. The first kappa shape index (κ1) is 24.8. The van der Waals surface area contributed by atoms with Crippen LogP contribution in [-0.2, 0) is 0 Å². The maximum atomic E-state index is 13.3. The largest absolute Gasteiger partial charge is 0.494 e. The van der Waals surface area contributed by atoms with Gasteiger partial charge in [0.2, 0.25) is 4.96 Å². The van der Waals surface area contributed by atoms with E-state index in [0.29, 0.717) is 27.8 Å². The molecule has 39 heavy (non-hydrogen) atoms. The number of ether oxygens (including phenoxy) is 1. The normalized spacial score (nSPS) is 12.0. The summed E-state index contributed by atoms with van der Waals surface area (Å²) in [7, 11) is 0. The quantitative estimate of drug-likeness (QED) is 0.253. The van der Waals surface area contributed by atoms with Crippen LogP contribution >= 0.6 is 11.3 Å². The third-order valence-electron chi connectivity index (χ3n) is 6.36. The molecule has 7 nitrogen and oxygen atoms in total. The van der Waals surface area contributed by atoms with Gasteiger partial charge in [-0.25, -0.2) is 4.68 Å². The summed E-state index contributed by atoms with van der Waals surface area (Å²) in [5.74, 6) is 1.96. The predicted octanol–water partition coefficient (Wildman–Crippen LogP) is 5.64. The first-order valence-corrected chi connectivity index (χ1v) is 13.7. The zero-order valence-corrected chi connectivity index (χ0v) is 22.5. The van der Waals surface area contributed by atoms with Crippen LogP contribution < -0.4 is 14.8 Å². The minimum absolute atomic E-state index is 0.197. The Kier molecular flexibility index (Phi) is 6.77. The molecule has 0 amide bonds. The lowest BCUT2D eigenvalue weighted by atomic mass is 10.1. The van der Waals surface area contributed by atoms with Gasteiger partial charge >= 0.3 is 0 Å². The minimum atomic E-state index is -0.197. The van der Waals surface area contributed by atoms with Crippen molar-refractivity contribution in [2.24, 2.45) is 5.92 Å². The molecule has 0 atom stereocenters. The molecule has 3 aromatic carbocycles. The summed E-state index contributed by atoms with van der Waals surface area (Å²) in [6.45, 7) is 5.06. The van der Waals surface area contributed by atoms with E-state index in [0.717, 1.165) is 40.2 Å². The van der Waals surface area contributed by atoms with Crippen molar-refractivity contribution in [3.8, 4) is 34.1 Å². The van der Waals surface area contributed by atoms with Crippen LogP contribution in [0.15, 0.2) is 95.9 Å². The Morgan fingerprint density at radius 1 is 0.897 bits per heavy atom. The molecule has 0 spiro atoms. The molecule has 0 saturated heterocycles. The van der Waals surface area contributed by atoms with Crippen molar-refractivity contribution in [3.63, 3.8) is 0 Å². The van der Waals surface area contributed by atoms with Gasteiger partial charge in [-0.3, -0.25) is 4.79 Å². The molecule has 3 aromatic heterocycles. The van der Waals surface area contributed by atoms with Gasteiger partial charge < -0.3 is 4.74 Å². The van der Waals surface area contributed by atoms with Crippen LogP contribution in [0.1, 0.15) is 25.8 Å². The van der Waals surface area contributed by atoms with Crippen LogP contribution in [0.4, 0.5) is 0 Å². The van der Waals surface area contributed by atoms with Gasteiger partial charge in [-0.15, -0.1) is 5.10 Å². The maximum Gasteiger partial charge on any atom is 0.291 e. The highest BCUT2D eigenvalue weighted by Crippen LogP contribution is 2.27. The second-order valence-corrected chi connectivity index (χ2v) is 10.7. The lowest BCUT2D eigenvalue weighted by Gasteiger charge is -2.08. The van der Waals surface area contributed by atoms with Crippen molar-refractivity contribution < 1.29 is 4.74 Å². The van der Waals surface area contributed by atoms with Gasteiger partial charge in [0, 0.05) is 22.9 Å². The van der Waals surface area contributed by atoms with Crippen molar-refractivity contribution >= 4 is 22.4 Å². The third-order valence-corrected chi connectivity index (χ3v) is 7.31. The van der Waals surface area contributed by atoms with E-state index in [1.165, 1.54) is 15.9 Å². The van der Waals surface area contributed by atoms with Gasteiger partial charge in [0.1, 0.15) is 11.4 Å². The predicted molar refractivity (Wildman–Crippen MR) is 155 cm³/mol. The summed E-state index contributed by atoms with van der Waals surface area (Å²) in [6.07, 6.45) is 4.83. The Hall–Kier alpha value is -4.56. The number of rotatable bonds is 8. The standard InChI is InChI=1S/C31H27N5O2S/c1-21(2)17-18-38-26-15-13-22(14-16-26)28-24(20-35(33-28)25-11-7-4-8-12-25)19-27-30(37)36-31(39-27)32-29(34-36)23-9-5-3-6-10-23/h3-16,19-21H,17-18H2,1-2H3/b27-19+. The van der Waals surface area contributed by atoms with Crippen LogP contribution in [-0.4, -0.2) is 31.0 Å². The molecule has 0 saturated carbocycles. The fraction of sp³-hybridized carbons (Fsp3) is 0.161. The van der Waals surface area contributed by atoms with Crippen LogP contribution in [0.2, 0.25) is 0 Å². The number of fused-ring (bicyclic) bond motifs is 1. The van der Waals surface area contributed by atoms with Gasteiger partial charge in [0.15, 0.2) is 5.82 Å². The number of hydrogen-bond acceptors (Lipinski definition) is 6. The fourth-order valence-electron chi connectivity index (χ4n) is 4.24. The average Bonchev–Trinajstić information content (AvgIpc) is 3.65. The Bertz CT molecular complexity index is 1820. The van der Waals surface area contributed by atoms with Gasteiger partial charge in [-0.1, -0.05) is 73.7 Å². The lowest BCUT2D eigenvalue weighted by molar-refractivity contribution is 0.289. The van der Waals surface area contributed by atoms with Gasteiger partial charge in [0.25, 0.3) is 5.56 Å². The van der Waals surface area contributed by atoms with Crippen LogP contribution in [0, 0.1) is 5.92 Å². The molecule has 6 aromatic rings. The summed E-state index contributed by atoms with van der Waals surface area (Å²) in [6, 6.07) is 27.5. The van der Waals surface area contributed by atoms with E-state index in [9.17, 15) is 4.79 Å². The molecule has 194 valence electrons. The van der Waals surface area contributed by atoms with E-state index >= 15 is 0 Å². The maximum absolute atomic E-state index is 13.3. The highest BCUT2D eigenvalue weighted by atomic mass is 32.1. The molecular weight excluding hydrogens is 506 g/mol. The van der Waals surface area contributed by atoms with E-state index < -0.39 is 0 Å². The highest BCUT2D eigenvalue weighted by molar-refractivity contribution is 7.15. The molecule has 6 rings (SSSR count). The molecule has 0 aliphatic heterocycles. The molecule has 8 heteroatoms. The van der Waals surface area contributed by atoms with Gasteiger partial charge in [-0.2, -0.15) is 14.6 Å².